The van der Waals surface area contributed by atoms with Crippen LogP contribution in [-0.2, 0) is 51.4 Å². The van der Waals surface area contributed by atoms with Crippen LogP contribution in [0.4, 0.5) is 5.95 Å². The molecule has 2 saturated heterocycles. The Morgan fingerprint density at radius 1 is 0.983 bits per heavy atom. The van der Waals surface area contributed by atoms with Crippen LogP contribution in [-0.4, -0.2) is 138 Å². The highest BCUT2D eigenvalue weighted by atomic mass is 31.2. The molecule has 1 amide bonds. The number of anilines is 1. The summed E-state index contributed by atoms with van der Waals surface area (Å²) >= 11 is 0. The highest BCUT2D eigenvalue weighted by Gasteiger charge is 2.52. The molecule has 4 N–H and O–H groups in total. The normalized spacial score (nSPS) is 25.6. The van der Waals surface area contributed by atoms with Crippen molar-refractivity contribution in [2.75, 3.05) is 72.3 Å². The number of aliphatic hydroxyl groups is 1. The molecule has 9 atom stereocenters. The average molecular weight is 841 g/mol. The summed E-state index contributed by atoms with van der Waals surface area (Å²) in [6.07, 6.45) is -5.13. The van der Waals surface area contributed by atoms with E-state index >= 15 is 0 Å². The van der Waals surface area contributed by atoms with E-state index in [9.17, 15) is 28.8 Å². The number of ether oxygens (including phenoxy) is 6. The number of H-pyrrole nitrogens is 2. The number of rotatable bonds is 21. The molecule has 3 aromatic heterocycles. The van der Waals surface area contributed by atoms with Gasteiger partial charge in [-0.25, -0.2) is 20.9 Å². The van der Waals surface area contributed by atoms with Crippen LogP contribution in [0, 0.1) is 25.3 Å². The number of amides is 1. The number of phosphoric ester groups is 1. The van der Waals surface area contributed by atoms with Gasteiger partial charge in [0.25, 0.3) is 11.1 Å². The maximum Gasteiger partial charge on any atom is 0.475 e. The standard InChI is InChI=1S/C34H49N8O15P/c1-18(2)28(44)38-33-37-27-23(30(46)39-33)36-17-42(27)32-26(52-13-11-50-7)25(21(15-43)55-32)57-58(48,53-9-8-35-5)54-16-22-20(4)24(51-12-10-49-6)31(56-22)41-14-19(3)29(45)40-34(41)47/h14,17-18,20-22,24-26,31-32,43H,8-13,15-16H2,1-4,6-7H3,(H,40,45,47)(H2,37,38,39,44,46)/t20-,21+,22+,24?,25-,26?,31+,32+,58?/m0/s1. The Labute approximate surface area is 331 Å². The fourth-order valence-corrected chi connectivity index (χ4v) is 7.62. The van der Waals surface area contributed by atoms with Crippen LogP contribution in [0.2, 0.25) is 0 Å². The van der Waals surface area contributed by atoms with Crippen molar-refractivity contribution in [3.63, 3.8) is 0 Å². The van der Waals surface area contributed by atoms with Crippen molar-refractivity contribution in [1.29, 1.82) is 0 Å². The number of carbonyl (C=O) groups is 1. The highest BCUT2D eigenvalue weighted by Crippen LogP contribution is 2.54. The Balaban J connectivity index is 1.45. The number of aryl methyl sites for hydroxylation is 1. The maximum atomic E-state index is 14.6. The van der Waals surface area contributed by atoms with E-state index in [0.717, 1.165) is 0 Å². The topological polar surface area (TPSA) is 272 Å². The first kappa shape index (κ1) is 44.9. The van der Waals surface area contributed by atoms with Crippen molar-refractivity contribution in [3.05, 3.63) is 60.7 Å². The van der Waals surface area contributed by atoms with Crippen molar-refractivity contribution in [2.45, 2.75) is 70.7 Å². The molecule has 0 aromatic carbocycles. The van der Waals surface area contributed by atoms with Gasteiger partial charge in [-0.15, -0.1) is 0 Å². The van der Waals surface area contributed by atoms with Crippen LogP contribution in [0.3, 0.4) is 0 Å². The molecule has 0 aliphatic carbocycles. The van der Waals surface area contributed by atoms with Gasteiger partial charge in [0.15, 0.2) is 23.6 Å². The van der Waals surface area contributed by atoms with Crippen LogP contribution < -0.4 is 22.1 Å². The van der Waals surface area contributed by atoms with Crippen LogP contribution in [0.25, 0.3) is 16.0 Å². The first-order valence-electron chi connectivity index (χ1n) is 18.4. The van der Waals surface area contributed by atoms with Crippen molar-refractivity contribution in [3.8, 4) is 0 Å². The quantitative estimate of drug-likeness (QED) is 0.0646. The lowest BCUT2D eigenvalue weighted by molar-refractivity contribution is -0.118. The molecule has 5 rings (SSSR count). The third-order valence-electron chi connectivity index (χ3n) is 9.35. The number of fused-ring (bicyclic) bond motifs is 1. The summed E-state index contributed by atoms with van der Waals surface area (Å²) in [6.45, 7) is 12.6. The SMILES string of the molecule is [C-]#[N+]CCOP(=O)(OC[C@H]1O[C@@H](n2cc(C)c(=O)[nH]c2=O)C(OCCOC)[C@H]1C)O[C@@H]1C(OCCOC)[C@H](n2cnc3c(=O)[nH]c(NC(=O)C(C)C)nc32)O[C@@H]1CO. The molecule has 2 aliphatic heterocycles. The average Bonchev–Trinajstić information content (AvgIpc) is 3.85. The van der Waals surface area contributed by atoms with E-state index in [-0.39, 0.29) is 62.3 Å². The van der Waals surface area contributed by atoms with Crippen LogP contribution in [0.5, 0.6) is 0 Å². The van der Waals surface area contributed by atoms with Gasteiger partial charge in [-0.05, 0) is 6.92 Å². The summed E-state index contributed by atoms with van der Waals surface area (Å²) in [4.78, 5) is 67.0. The smallest absolute Gasteiger partial charge is 0.394 e. The molecular formula is C34H49N8O15P. The lowest BCUT2D eigenvalue weighted by Crippen LogP contribution is -2.38. The first-order valence-corrected chi connectivity index (χ1v) is 19.8. The minimum absolute atomic E-state index is 0.0146. The number of carbonyl (C=O) groups excluding carboxylic acids is 1. The molecule has 0 saturated carbocycles. The number of hydrogen-bond acceptors (Lipinski definition) is 17. The molecule has 5 heterocycles. The molecule has 24 heteroatoms. The zero-order valence-electron chi connectivity index (χ0n) is 32.9. The van der Waals surface area contributed by atoms with Crippen molar-refractivity contribution < 1.29 is 56.5 Å². The first-order chi connectivity index (χ1) is 27.7. The molecule has 58 heavy (non-hydrogen) atoms. The molecular weight excluding hydrogens is 791 g/mol. The molecule has 320 valence electrons. The van der Waals surface area contributed by atoms with Gasteiger partial charge in [0.2, 0.25) is 18.4 Å². The Kier molecular flexibility index (Phi) is 15.6. The lowest BCUT2D eigenvalue weighted by Gasteiger charge is -2.28. The molecule has 2 aliphatic rings. The van der Waals surface area contributed by atoms with Gasteiger partial charge in [0.1, 0.15) is 31.0 Å². The second-order valence-corrected chi connectivity index (χ2v) is 15.3. The Morgan fingerprint density at radius 2 is 1.66 bits per heavy atom. The van der Waals surface area contributed by atoms with E-state index in [1.54, 1.807) is 20.8 Å². The summed E-state index contributed by atoms with van der Waals surface area (Å²) in [5, 5.41) is 13.1. The maximum absolute atomic E-state index is 14.6. The summed E-state index contributed by atoms with van der Waals surface area (Å²) < 4.78 is 69.7. The molecule has 0 radical (unpaired) electrons. The summed E-state index contributed by atoms with van der Waals surface area (Å²) in [6, 6.07) is 0. The van der Waals surface area contributed by atoms with Gasteiger partial charge in [-0.3, -0.25) is 52.4 Å². The van der Waals surface area contributed by atoms with Crippen LogP contribution >= 0.6 is 7.82 Å². The minimum atomic E-state index is -4.70. The van der Waals surface area contributed by atoms with Gasteiger partial charge < -0.3 is 38.4 Å². The predicted molar refractivity (Wildman–Crippen MR) is 201 cm³/mol. The summed E-state index contributed by atoms with van der Waals surface area (Å²) in [5.74, 6) is -1.49. The van der Waals surface area contributed by atoms with Gasteiger partial charge in [-0.2, -0.15) is 4.98 Å². The second-order valence-electron chi connectivity index (χ2n) is 13.7. The molecule has 0 bridgehead atoms. The largest absolute Gasteiger partial charge is 0.475 e. The van der Waals surface area contributed by atoms with E-state index in [2.05, 4.69) is 30.1 Å². The Hall–Kier alpha value is -4.18. The van der Waals surface area contributed by atoms with E-state index in [1.165, 1.54) is 42.8 Å². The number of hydrogen-bond donors (Lipinski definition) is 4. The van der Waals surface area contributed by atoms with E-state index in [1.807, 2.05) is 0 Å². The lowest BCUT2D eigenvalue weighted by atomic mass is 10.0. The third-order valence-corrected chi connectivity index (χ3v) is 10.8. The number of aromatic nitrogens is 6. The monoisotopic (exact) mass is 840 g/mol. The second kappa shape index (κ2) is 20.2. The zero-order chi connectivity index (χ0) is 42.1. The zero-order valence-corrected chi connectivity index (χ0v) is 33.7. The van der Waals surface area contributed by atoms with E-state index in [4.69, 9.17) is 48.6 Å². The Bertz CT molecular complexity index is 2130. The number of nitrogens with zero attached hydrogens (tertiary/aromatic N) is 5. The van der Waals surface area contributed by atoms with Crippen molar-refractivity contribution in [2.24, 2.45) is 11.8 Å². The number of aromatic amines is 2. The van der Waals surface area contributed by atoms with E-state index < -0.39 is 98.6 Å². The van der Waals surface area contributed by atoms with E-state index in [0.29, 0.717) is 0 Å². The van der Waals surface area contributed by atoms with Crippen LogP contribution in [0.1, 0.15) is 38.8 Å². The molecule has 0 spiro atoms. The number of phosphoric acid groups is 1. The van der Waals surface area contributed by atoms with Gasteiger partial charge in [-0.1, -0.05) is 20.8 Å². The molecule has 2 fully saturated rings. The number of aliphatic hydroxyl groups excluding tert-OH is 1. The molecule has 23 nitrogen and oxygen atoms in total. The molecule has 3 aromatic rings. The number of methoxy groups -OCH3 is 2. The fourth-order valence-electron chi connectivity index (χ4n) is 6.24. The Morgan fingerprint density at radius 3 is 2.31 bits per heavy atom. The predicted octanol–water partition coefficient (Wildman–Crippen LogP) is 0.505. The third kappa shape index (κ3) is 10.3. The highest BCUT2D eigenvalue weighted by molar-refractivity contribution is 7.48. The number of imidazole rings is 1. The van der Waals surface area contributed by atoms with Crippen molar-refractivity contribution in [1.82, 2.24) is 29.1 Å². The fraction of sp³-hybridized carbons (Fsp3) is 0.676. The van der Waals surface area contributed by atoms with Crippen LogP contribution in [0.15, 0.2) is 26.9 Å². The number of nitrogens with one attached hydrogen (secondary N) is 3. The van der Waals surface area contributed by atoms with Gasteiger partial charge in [0.05, 0.1) is 52.1 Å². The van der Waals surface area contributed by atoms with Gasteiger partial charge >= 0.3 is 13.5 Å². The summed E-state index contributed by atoms with van der Waals surface area (Å²) in [7, 11) is -1.75. The minimum Gasteiger partial charge on any atom is -0.394 e. The van der Waals surface area contributed by atoms with Crippen molar-refractivity contribution >= 4 is 30.8 Å². The van der Waals surface area contributed by atoms with Gasteiger partial charge in [0, 0.05) is 37.8 Å². The summed E-state index contributed by atoms with van der Waals surface area (Å²) in [5.41, 5.74) is -1.82. The molecule has 3 unspecified atom stereocenters.